The highest BCUT2D eigenvalue weighted by Gasteiger charge is 2.23. The van der Waals surface area contributed by atoms with Crippen LogP contribution in [0.1, 0.15) is 48.9 Å². The zero-order chi connectivity index (χ0) is 12.1. The molecule has 1 aromatic rings. The Hall–Kier alpha value is -1.44. The van der Waals surface area contributed by atoms with E-state index in [0.717, 1.165) is 37.7 Å². The van der Waals surface area contributed by atoms with E-state index in [1.165, 1.54) is 0 Å². The topological polar surface area (TPSA) is 34.1 Å². The first kappa shape index (κ1) is 12.0. The maximum atomic E-state index is 11.8. The lowest BCUT2D eigenvalue weighted by Crippen LogP contribution is -2.07. The van der Waals surface area contributed by atoms with E-state index < -0.39 is 0 Å². The van der Waals surface area contributed by atoms with Gasteiger partial charge in [0.15, 0.2) is 5.78 Å². The van der Waals surface area contributed by atoms with Gasteiger partial charge in [-0.1, -0.05) is 30.3 Å². The highest BCUT2D eigenvalue weighted by molar-refractivity contribution is 5.96. The lowest BCUT2D eigenvalue weighted by Gasteiger charge is -2.06. The largest absolute Gasteiger partial charge is 0.299 e. The minimum Gasteiger partial charge on any atom is -0.299 e. The molecule has 1 fully saturated rings. The molecule has 0 spiro atoms. The number of benzene rings is 1. The average Bonchev–Trinajstić information content (AvgIpc) is 2.76. The van der Waals surface area contributed by atoms with Crippen LogP contribution in [0.15, 0.2) is 30.3 Å². The molecule has 1 saturated carbocycles. The van der Waals surface area contributed by atoms with E-state index in [1.807, 2.05) is 30.3 Å². The fraction of sp³-hybridized carbons (Fsp3) is 0.467. The van der Waals surface area contributed by atoms with Gasteiger partial charge in [-0.25, -0.2) is 0 Å². The highest BCUT2D eigenvalue weighted by atomic mass is 16.1. The predicted octanol–water partition coefficient (Wildman–Crippen LogP) is 3.41. The second-order valence-corrected chi connectivity index (χ2v) is 4.74. The fourth-order valence-corrected chi connectivity index (χ4v) is 2.47. The van der Waals surface area contributed by atoms with Crippen molar-refractivity contribution in [3.63, 3.8) is 0 Å². The molecule has 0 N–H and O–H groups in total. The van der Waals surface area contributed by atoms with Crippen LogP contribution in [0.25, 0.3) is 0 Å². The Morgan fingerprint density at radius 2 is 2.00 bits per heavy atom. The van der Waals surface area contributed by atoms with Crippen LogP contribution in [0.5, 0.6) is 0 Å². The predicted molar refractivity (Wildman–Crippen MR) is 67.0 cm³/mol. The summed E-state index contributed by atoms with van der Waals surface area (Å²) in [6.45, 7) is 0. The Kier molecular flexibility index (Phi) is 4.08. The Morgan fingerprint density at radius 1 is 1.24 bits per heavy atom. The van der Waals surface area contributed by atoms with Crippen molar-refractivity contribution in [1.82, 2.24) is 0 Å². The summed E-state index contributed by atoms with van der Waals surface area (Å²) in [6, 6.07) is 9.38. The van der Waals surface area contributed by atoms with Gasteiger partial charge in [-0.3, -0.25) is 9.59 Å². The van der Waals surface area contributed by atoms with Gasteiger partial charge in [-0.2, -0.15) is 0 Å². The standard InChI is InChI=1S/C15H18O2/c16-14(12-6-2-1-3-7-12)10-4-8-13-9-5-11-15(13)17/h1-3,6-7,13H,4-5,8-11H2. The first-order valence-corrected chi connectivity index (χ1v) is 6.38. The monoisotopic (exact) mass is 230 g/mol. The maximum Gasteiger partial charge on any atom is 0.162 e. The van der Waals surface area contributed by atoms with Crippen LogP contribution in [0.3, 0.4) is 0 Å². The van der Waals surface area contributed by atoms with Gasteiger partial charge in [0.1, 0.15) is 5.78 Å². The minimum absolute atomic E-state index is 0.191. The summed E-state index contributed by atoms with van der Waals surface area (Å²) in [7, 11) is 0. The molecule has 2 rings (SSSR count). The van der Waals surface area contributed by atoms with Crippen molar-refractivity contribution in [2.45, 2.75) is 38.5 Å². The summed E-state index contributed by atoms with van der Waals surface area (Å²) in [5, 5.41) is 0. The molecule has 0 saturated heterocycles. The number of carbonyl (C=O) groups is 2. The number of hydrogen-bond donors (Lipinski definition) is 0. The van der Waals surface area contributed by atoms with Crippen molar-refractivity contribution >= 4 is 11.6 Å². The second kappa shape index (κ2) is 5.76. The molecule has 0 aromatic heterocycles. The van der Waals surface area contributed by atoms with Crippen molar-refractivity contribution in [3.8, 4) is 0 Å². The number of hydrogen-bond acceptors (Lipinski definition) is 2. The van der Waals surface area contributed by atoms with Gasteiger partial charge in [0.25, 0.3) is 0 Å². The zero-order valence-corrected chi connectivity index (χ0v) is 10.0. The van der Waals surface area contributed by atoms with E-state index in [-0.39, 0.29) is 11.7 Å². The summed E-state index contributed by atoms with van der Waals surface area (Å²) in [5.74, 6) is 0.826. The average molecular weight is 230 g/mol. The summed E-state index contributed by atoms with van der Waals surface area (Å²) < 4.78 is 0. The van der Waals surface area contributed by atoms with E-state index in [1.54, 1.807) is 0 Å². The van der Waals surface area contributed by atoms with Gasteiger partial charge in [0.05, 0.1) is 0 Å². The molecule has 0 bridgehead atoms. The van der Waals surface area contributed by atoms with Crippen LogP contribution in [-0.4, -0.2) is 11.6 Å². The SMILES string of the molecule is O=C(CCCC1CCCC1=O)c1ccccc1. The molecule has 0 amide bonds. The summed E-state index contributed by atoms with van der Waals surface area (Å²) in [5.41, 5.74) is 0.783. The molecular formula is C15H18O2. The number of ketones is 2. The molecule has 17 heavy (non-hydrogen) atoms. The maximum absolute atomic E-state index is 11.8. The van der Waals surface area contributed by atoms with Gasteiger partial charge in [0, 0.05) is 24.3 Å². The van der Waals surface area contributed by atoms with Crippen molar-refractivity contribution in [1.29, 1.82) is 0 Å². The normalized spacial score (nSPS) is 19.5. The molecule has 1 aliphatic carbocycles. The molecule has 2 nitrogen and oxygen atoms in total. The number of rotatable bonds is 5. The van der Waals surface area contributed by atoms with Gasteiger partial charge in [-0.15, -0.1) is 0 Å². The molecule has 1 aliphatic rings. The van der Waals surface area contributed by atoms with E-state index in [9.17, 15) is 9.59 Å². The van der Waals surface area contributed by atoms with Crippen LogP contribution in [0.2, 0.25) is 0 Å². The summed E-state index contributed by atoms with van der Waals surface area (Å²) in [4.78, 5) is 23.3. The first-order chi connectivity index (χ1) is 8.27. The van der Waals surface area contributed by atoms with E-state index >= 15 is 0 Å². The molecule has 1 atom stereocenters. The Morgan fingerprint density at radius 3 is 2.65 bits per heavy atom. The fourth-order valence-electron chi connectivity index (χ4n) is 2.47. The number of carbonyl (C=O) groups excluding carboxylic acids is 2. The smallest absolute Gasteiger partial charge is 0.162 e. The molecule has 1 aromatic carbocycles. The molecule has 90 valence electrons. The third-order valence-electron chi connectivity index (χ3n) is 3.48. The third kappa shape index (κ3) is 3.26. The van der Waals surface area contributed by atoms with Gasteiger partial charge >= 0.3 is 0 Å². The van der Waals surface area contributed by atoms with Crippen molar-refractivity contribution in [3.05, 3.63) is 35.9 Å². The third-order valence-corrected chi connectivity index (χ3v) is 3.48. The summed E-state index contributed by atoms with van der Waals surface area (Å²) >= 11 is 0. The van der Waals surface area contributed by atoms with Crippen molar-refractivity contribution in [2.24, 2.45) is 5.92 Å². The lowest BCUT2D eigenvalue weighted by molar-refractivity contribution is -0.120. The first-order valence-electron chi connectivity index (χ1n) is 6.38. The van der Waals surface area contributed by atoms with E-state index in [4.69, 9.17) is 0 Å². The quantitative estimate of drug-likeness (QED) is 0.726. The Labute approximate surface area is 102 Å². The van der Waals surface area contributed by atoms with Gasteiger partial charge in [-0.05, 0) is 25.7 Å². The van der Waals surface area contributed by atoms with Crippen LogP contribution in [0, 0.1) is 5.92 Å². The van der Waals surface area contributed by atoms with Crippen LogP contribution < -0.4 is 0 Å². The second-order valence-electron chi connectivity index (χ2n) is 4.74. The highest BCUT2D eigenvalue weighted by Crippen LogP contribution is 2.26. The molecule has 0 aliphatic heterocycles. The molecule has 1 unspecified atom stereocenters. The lowest BCUT2D eigenvalue weighted by atomic mass is 9.97. The Bertz CT molecular complexity index is 395. The van der Waals surface area contributed by atoms with Gasteiger partial charge in [0.2, 0.25) is 0 Å². The summed E-state index contributed by atoms with van der Waals surface area (Å²) in [6.07, 6.45) is 5.10. The van der Waals surface area contributed by atoms with E-state index in [0.29, 0.717) is 12.2 Å². The zero-order valence-electron chi connectivity index (χ0n) is 10.0. The molecule has 2 heteroatoms. The van der Waals surface area contributed by atoms with Crippen molar-refractivity contribution < 1.29 is 9.59 Å². The van der Waals surface area contributed by atoms with Crippen LogP contribution in [0.4, 0.5) is 0 Å². The van der Waals surface area contributed by atoms with Crippen LogP contribution >= 0.6 is 0 Å². The number of Topliss-reactive ketones (excluding diaryl/α,β-unsaturated/α-hetero) is 2. The minimum atomic E-state index is 0.191. The van der Waals surface area contributed by atoms with Crippen LogP contribution in [-0.2, 0) is 4.79 Å². The van der Waals surface area contributed by atoms with E-state index in [2.05, 4.69) is 0 Å². The Balaban J connectivity index is 1.75. The van der Waals surface area contributed by atoms with Gasteiger partial charge < -0.3 is 0 Å². The molecule has 0 radical (unpaired) electrons. The molecular weight excluding hydrogens is 212 g/mol. The van der Waals surface area contributed by atoms with Crippen molar-refractivity contribution in [2.75, 3.05) is 0 Å². The molecule has 0 heterocycles.